The molecule has 2 saturated heterocycles. The summed E-state index contributed by atoms with van der Waals surface area (Å²) in [5.41, 5.74) is 3.14. The molecule has 2 aliphatic rings. The van der Waals surface area contributed by atoms with Crippen LogP contribution >= 0.6 is 0 Å². The third kappa shape index (κ3) is 5.30. The van der Waals surface area contributed by atoms with Crippen LogP contribution in [0.3, 0.4) is 0 Å². The Bertz CT molecular complexity index is 910. The first-order valence-corrected chi connectivity index (χ1v) is 11.5. The van der Waals surface area contributed by atoms with Gasteiger partial charge in [0.15, 0.2) is 5.78 Å². The summed E-state index contributed by atoms with van der Waals surface area (Å²) in [6.45, 7) is 7.26. The molecule has 2 heterocycles. The van der Waals surface area contributed by atoms with Crippen LogP contribution in [0.4, 0.5) is 5.69 Å². The Hall–Kier alpha value is -2.86. The van der Waals surface area contributed by atoms with Gasteiger partial charge >= 0.3 is 0 Å². The molecule has 0 aliphatic carbocycles. The summed E-state index contributed by atoms with van der Waals surface area (Å²) >= 11 is 0. The molecule has 2 aromatic carbocycles. The average Bonchev–Trinajstić information content (AvgIpc) is 2.85. The maximum absolute atomic E-state index is 12.8. The largest absolute Gasteiger partial charge is 0.497 e. The Morgan fingerprint density at radius 2 is 1.50 bits per heavy atom. The number of nitrogens with zero attached hydrogens (tertiary/aromatic N) is 3. The molecule has 0 saturated carbocycles. The summed E-state index contributed by atoms with van der Waals surface area (Å²) < 4.78 is 5.23. The highest BCUT2D eigenvalue weighted by Gasteiger charge is 2.28. The number of Topliss-reactive ketones (excluding diaryl/α,β-unsaturated/α-hetero) is 1. The number of carbonyl (C=O) groups is 2. The molecule has 0 atom stereocenters. The molecular weight excluding hydrogens is 402 g/mol. The van der Waals surface area contributed by atoms with E-state index in [1.165, 1.54) is 11.3 Å². The Balaban J connectivity index is 1.21. The maximum Gasteiger partial charge on any atom is 0.236 e. The number of hydrogen-bond donors (Lipinski definition) is 0. The van der Waals surface area contributed by atoms with Crippen molar-refractivity contribution in [1.82, 2.24) is 9.80 Å². The Morgan fingerprint density at radius 1 is 0.875 bits per heavy atom. The predicted molar refractivity (Wildman–Crippen MR) is 126 cm³/mol. The van der Waals surface area contributed by atoms with Gasteiger partial charge in [-0.25, -0.2) is 0 Å². The molecule has 4 rings (SSSR count). The molecule has 0 bridgehead atoms. The zero-order valence-corrected chi connectivity index (χ0v) is 19.1. The van der Waals surface area contributed by atoms with Crippen molar-refractivity contribution in [3.05, 3.63) is 59.7 Å². The van der Waals surface area contributed by atoms with Gasteiger partial charge in [-0.15, -0.1) is 0 Å². The molecule has 6 heteroatoms. The Labute approximate surface area is 190 Å². The van der Waals surface area contributed by atoms with Crippen LogP contribution in [-0.2, 0) is 4.79 Å². The Morgan fingerprint density at radius 3 is 2.09 bits per heavy atom. The summed E-state index contributed by atoms with van der Waals surface area (Å²) in [4.78, 5) is 32.1. The first-order valence-electron chi connectivity index (χ1n) is 11.5. The number of hydrogen-bond acceptors (Lipinski definition) is 5. The van der Waals surface area contributed by atoms with E-state index in [1.54, 1.807) is 7.11 Å². The number of piperidine rings is 1. The lowest BCUT2D eigenvalue weighted by Crippen LogP contribution is -2.52. The number of ether oxygens (including phenoxy) is 1. The van der Waals surface area contributed by atoms with E-state index >= 15 is 0 Å². The average molecular weight is 436 g/mol. The van der Waals surface area contributed by atoms with Gasteiger partial charge < -0.3 is 14.5 Å². The normalized spacial score (nSPS) is 17.9. The predicted octanol–water partition coefficient (Wildman–Crippen LogP) is 3.25. The first-order chi connectivity index (χ1) is 15.5. The fourth-order valence-electron chi connectivity index (χ4n) is 4.61. The molecule has 0 aromatic heterocycles. The minimum Gasteiger partial charge on any atom is -0.497 e. The highest BCUT2D eigenvalue weighted by molar-refractivity contribution is 5.98. The van der Waals surface area contributed by atoms with E-state index in [0.29, 0.717) is 6.54 Å². The van der Waals surface area contributed by atoms with E-state index in [4.69, 9.17) is 4.74 Å². The maximum atomic E-state index is 12.8. The fourth-order valence-corrected chi connectivity index (χ4v) is 4.61. The van der Waals surface area contributed by atoms with Crippen molar-refractivity contribution in [2.75, 3.05) is 57.8 Å². The minimum absolute atomic E-state index is 0.0668. The third-order valence-electron chi connectivity index (χ3n) is 6.72. The van der Waals surface area contributed by atoms with Gasteiger partial charge in [0.1, 0.15) is 5.75 Å². The van der Waals surface area contributed by atoms with Crippen LogP contribution in [0.2, 0.25) is 0 Å². The summed E-state index contributed by atoms with van der Waals surface area (Å²) in [5.74, 6) is 1.36. The molecule has 0 radical (unpaired) electrons. The van der Waals surface area contributed by atoms with Crippen molar-refractivity contribution < 1.29 is 14.3 Å². The molecule has 32 heavy (non-hydrogen) atoms. The van der Waals surface area contributed by atoms with E-state index in [-0.39, 0.29) is 17.6 Å². The summed E-state index contributed by atoms with van der Waals surface area (Å²) in [7, 11) is 1.67. The SMILES string of the molecule is COc1ccc(N2CCN(C(=O)CN3CCC(C(=O)c4ccc(C)cc4)CC3)CC2)cc1. The lowest BCUT2D eigenvalue weighted by molar-refractivity contribution is -0.133. The van der Waals surface area contributed by atoms with Gasteiger partial charge in [0.25, 0.3) is 0 Å². The van der Waals surface area contributed by atoms with E-state index < -0.39 is 0 Å². The quantitative estimate of drug-likeness (QED) is 0.652. The topological polar surface area (TPSA) is 53.1 Å². The molecule has 0 spiro atoms. The minimum atomic E-state index is 0.0668. The van der Waals surface area contributed by atoms with Gasteiger partial charge in [0.2, 0.25) is 5.91 Å². The smallest absolute Gasteiger partial charge is 0.236 e. The van der Waals surface area contributed by atoms with E-state index in [1.807, 2.05) is 48.2 Å². The van der Waals surface area contributed by atoms with Gasteiger partial charge in [-0.1, -0.05) is 29.8 Å². The monoisotopic (exact) mass is 435 g/mol. The van der Waals surface area contributed by atoms with Crippen molar-refractivity contribution >= 4 is 17.4 Å². The standard InChI is InChI=1S/C26H33N3O3/c1-20-3-5-21(6-4-20)26(31)22-11-13-27(14-12-22)19-25(30)29-17-15-28(16-18-29)23-7-9-24(32-2)10-8-23/h3-10,22H,11-19H2,1-2H3. The van der Waals surface area contributed by atoms with Gasteiger partial charge in [0, 0.05) is 43.3 Å². The zero-order chi connectivity index (χ0) is 22.5. The highest BCUT2D eigenvalue weighted by atomic mass is 16.5. The van der Waals surface area contributed by atoms with Crippen molar-refractivity contribution in [3.63, 3.8) is 0 Å². The number of ketones is 1. The van der Waals surface area contributed by atoms with Crippen LogP contribution in [0.25, 0.3) is 0 Å². The van der Waals surface area contributed by atoms with E-state index in [0.717, 1.165) is 63.4 Å². The second kappa shape index (κ2) is 10.2. The van der Waals surface area contributed by atoms with Crippen LogP contribution in [0.5, 0.6) is 5.75 Å². The molecular formula is C26H33N3O3. The number of amides is 1. The van der Waals surface area contributed by atoms with Gasteiger partial charge in [-0.2, -0.15) is 0 Å². The van der Waals surface area contributed by atoms with Crippen LogP contribution < -0.4 is 9.64 Å². The fraction of sp³-hybridized carbons (Fsp3) is 0.462. The number of rotatable bonds is 6. The van der Waals surface area contributed by atoms with Crippen LogP contribution in [0, 0.1) is 12.8 Å². The van der Waals surface area contributed by atoms with Gasteiger partial charge in [-0.05, 0) is 57.1 Å². The molecule has 0 unspecified atom stereocenters. The van der Waals surface area contributed by atoms with Crippen molar-refractivity contribution in [3.8, 4) is 5.75 Å². The molecule has 170 valence electrons. The summed E-state index contributed by atoms with van der Waals surface area (Å²) in [5, 5.41) is 0. The summed E-state index contributed by atoms with van der Waals surface area (Å²) in [6, 6.07) is 15.9. The lowest BCUT2D eigenvalue weighted by atomic mass is 9.88. The third-order valence-corrected chi connectivity index (χ3v) is 6.72. The van der Waals surface area contributed by atoms with Crippen molar-refractivity contribution in [2.45, 2.75) is 19.8 Å². The summed E-state index contributed by atoms with van der Waals surface area (Å²) in [6.07, 6.45) is 1.65. The second-order valence-corrected chi connectivity index (χ2v) is 8.85. The molecule has 2 aliphatic heterocycles. The molecule has 0 N–H and O–H groups in total. The van der Waals surface area contributed by atoms with Gasteiger partial charge in [-0.3, -0.25) is 14.5 Å². The number of piperazine rings is 1. The lowest BCUT2D eigenvalue weighted by Gasteiger charge is -2.38. The molecule has 1 amide bonds. The van der Waals surface area contributed by atoms with Crippen molar-refractivity contribution in [1.29, 1.82) is 0 Å². The first kappa shape index (κ1) is 22.3. The number of likely N-dealkylation sites (tertiary alicyclic amines) is 1. The van der Waals surface area contributed by atoms with Crippen LogP contribution in [0.15, 0.2) is 48.5 Å². The number of methoxy groups -OCH3 is 1. The van der Waals surface area contributed by atoms with Gasteiger partial charge in [0.05, 0.1) is 13.7 Å². The highest BCUT2D eigenvalue weighted by Crippen LogP contribution is 2.23. The van der Waals surface area contributed by atoms with Crippen LogP contribution in [0.1, 0.15) is 28.8 Å². The van der Waals surface area contributed by atoms with Crippen molar-refractivity contribution in [2.24, 2.45) is 5.92 Å². The molecule has 6 nitrogen and oxygen atoms in total. The Kier molecular flexibility index (Phi) is 7.10. The van der Waals surface area contributed by atoms with E-state index in [2.05, 4.69) is 21.9 Å². The second-order valence-electron chi connectivity index (χ2n) is 8.85. The number of benzene rings is 2. The number of anilines is 1. The zero-order valence-electron chi connectivity index (χ0n) is 19.1. The van der Waals surface area contributed by atoms with E-state index in [9.17, 15) is 9.59 Å². The molecule has 2 fully saturated rings. The molecule has 2 aromatic rings. The van der Waals surface area contributed by atoms with Crippen LogP contribution in [-0.4, -0.2) is 74.4 Å². The number of carbonyl (C=O) groups excluding carboxylic acids is 2. The number of aryl methyl sites for hydroxylation is 1.